The van der Waals surface area contributed by atoms with Gasteiger partial charge in [0, 0.05) is 16.0 Å². The van der Waals surface area contributed by atoms with Crippen molar-refractivity contribution in [2.24, 2.45) is 0 Å². The van der Waals surface area contributed by atoms with Crippen molar-refractivity contribution in [3.8, 4) is 5.75 Å². The van der Waals surface area contributed by atoms with E-state index < -0.39 is 0 Å². The van der Waals surface area contributed by atoms with Crippen molar-refractivity contribution in [2.75, 3.05) is 6.61 Å². The molecule has 3 heteroatoms. The zero-order valence-electron chi connectivity index (χ0n) is 10.8. The average molecular weight is 345 g/mol. The van der Waals surface area contributed by atoms with Gasteiger partial charge in [-0.25, -0.2) is 0 Å². The molecule has 0 fully saturated rings. The number of ether oxygens (including phenoxy) is 1. The molecule has 1 aromatic heterocycles. The summed E-state index contributed by atoms with van der Waals surface area (Å²) >= 11 is 5.71. The first-order valence-corrected chi connectivity index (χ1v) is 8.43. The Morgan fingerprint density at radius 3 is 2.90 bits per heavy atom. The second kappa shape index (κ2) is 4.90. The summed E-state index contributed by atoms with van der Waals surface area (Å²) in [5.41, 5.74) is 2.63. The van der Waals surface area contributed by atoms with Crippen LogP contribution in [0.25, 0.3) is 10.1 Å². The summed E-state index contributed by atoms with van der Waals surface area (Å²) in [4.78, 5) is 1.61. The van der Waals surface area contributed by atoms with Crippen molar-refractivity contribution in [1.29, 1.82) is 0 Å². The Morgan fingerprint density at radius 2 is 2.00 bits per heavy atom. The summed E-state index contributed by atoms with van der Waals surface area (Å²) in [7, 11) is 0. The van der Waals surface area contributed by atoms with Gasteiger partial charge in [-0.15, -0.1) is 11.3 Å². The van der Waals surface area contributed by atoms with Crippen molar-refractivity contribution < 1.29 is 4.74 Å². The zero-order valence-corrected chi connectivity index (χ0v) is 13.2. The number of alkyl halides is 1. The van der Waals surface area contributed by atoms with Gasteiger partial charge in [-0.3, -0.25) is 0 Å². The van der Waals surface area contributed by atoms with Crippen LogP contribution in [0.15, 0.2) is 48.5 Å². The highest BCUT2D eigenvalue weighted by molar-refractivity contribution is 9.09. The number of hydrogen-bond donors (Lipinski definition) is 0. The van der Waals surface area contributed by atoms with E-state index in [2.05, 4.69) is 64.5 Å². The Hall–Kier alpha value is -1.32. The molecule has 3 aromatic rings. The predicted octanol–water partition coefficient (Wildman–Crippen LogP) is 5.32. The van der Waals surface area contributed by atoms with Crippen molar-refractivity contribution in [3.05, 3.63) is 64.5 Å². The SMILES string of the molecule is BrC(c1ccc2c(c1)CCO2)c1cc2ccccc2s1. The molecular weight excluding hydrogens is 332 g/mol. The third-order valence-electron chi connectivity index (χ3n) is 3.70. The Labute approximate surface area is 130 Å². The van der Waals surface area contributed by atoms with E-state index in [-0.39, 0.29) is 4.83 Å². The highest BCUT2D eigenvalue weighted by atomic mass is 79.9. The molecule has 20 heavy (non-hydrogen) atoms. The van der Waals surface area contributed by atoms with Crippen molar-refractivity contribution in [1.82, 2.24) is 0 Å². The second-order valence-electron chi connectivity index (χ2n) is 5.01. The molecule has 1 aliphatic heterocycles. The van der Waals surface area contributed by atoms with Gasteiger partial charge in [0.1, 0.15) is 5.75 Å². The van der Waals surface area contributed by atoms with Crippen LogP contribution in [0.4, 0.5) is 0 Å². The fourth-order valence-electron chi connectivity index (χ4n) is 2.66. The van der Waals surface area contributed by atoms with E-state index >= 15 is 0 Å². The molecule has 0 saturated heterocycles. The minimum Gasteiger partial charge on any atom is -0.493 e. The van der Waals surface area contributed by atoms with Gasteiger partial charge in [-0.1, -0.05) is 46.3 Å². The maximum absolute atomic E-state index is 5.57. The van der Waals surface area contributed by atoms with Gasteiger partial charge in [-0.2, -0.15) is 0 Å². The molecule has 0 N–H and O–H groups in total. The van der Waals surface area contributed by atoms with E-state index in [4.69, 9.17) is 4.74 Å². The second-order valence-corrected chi connectivity index (χ2v) is 7.05. The predicted molar refractivity (Wildman–Crippen MR) is 88.2 cm³/mol. The van der Waals surface area contributed by atoms with Gasteiger partial charge in [0.2, 0.25) is 0 Å². The summed E-state index contributed by atoms with van der Waals surface area (Å²) in [5.74, 6) is 1.05. The van der Waals surface area contributed by atoms with Crippen LogP contribution in [0.1, 0.15) is 20.8 Å². The lowest BCUT2D eigenvalue weighted by Gasteiger charge is -2.09. The Morgan fingerprint density at radius 1 is 1.10 bits per heavy atom. The molecule has 0 bridgehead atoms. The maximum Gasteiger partial charge on any atom is 0.122 e. The Balaban J connectivity index is 1.74. The zero-order chi connectivity index (χ0) is 13.5. The summed E-state index contributed by atoms with van der Waals surface area (Å²) in [5, 5.41) is 1.32. The van der Waals surface area contributed by atoms with E-state index in [1.54, 1.807) is 0 Å². The quantitative estimate of drug-likeness (QED) is 0.571. The fourth-order valence-corrected chi connectivity index (χ4v) is 4.42. The van der Waals surface area contributed by atoms with Gasteiger partial charge in [0.25, 0.3) is 0 Å². The highest BCUT2D eigenvalue weighted by Gasteiger charge is 2.18. The fraction of sp³-hybridized carbons (Fsp3) is 0.176. The topological polar surface area (TPSA) is 9.23 Å². The average Bonchev–Trinajstić information content (AvgIpc) is 3.11. The number of thiophene rings is 1. The third kappa shape index (κ3) is 2.05. The number of fused-ring (bicyclic) bond motifs is 2. The first-order valence-electron chi connectivity index (χ1n) is 6.69. The van der Waals surface area contributed by atoms with E-state index in [0.29, 0.717) is 0 Å². The molecule has 0 amide bonds. The van der Waals surface area contributed by atoms with Crippen LogP contribution in [-0.2, 0) is 6.42 Å². The molecule has 1 nitrogen and oxygen atoms in total. The summed E-state index contributed by atoms with van der Waals surface area (Å²) in [6.45, 7) is 0.814. The van der Waals surface area contributed by atoms with Crippen molar-refractivity contribution in [2.45, 2.75) is 11.2 Å². The van der Waals surface area contributed by atoms with E-state index in [0.717, 1.165) is 18.8 Å². The van der Waals surface area contributed by atoms with Gasteiger partial charge in [0.15, 0.2) is 0 Å². The number of benzene rings is 2. The lowest BCUT2D eigenvalue weighted by Crippen LogP contribution is -1.90. The normalized spacial score (nSPS) is 15.1. The number of rotatable bonds is 2. The van der Waals surface area contributed by atoms with Gasteiger partial charge in [-0.05, 0) is 34.7 Å². The molecule has 0 radical (unpaired) electrons. The van der Waals surface area contributed by atoms with Crippen LogP contribution in [0.2, 0.25) is 0 Å². The van der Waals surface area contributed by atoms with Gasteiger partial charge >= 0.3 is 0 Å². The monoisotopic (exact) mass is 344 g/mol. The molecule has 1 aliphatic rings. The third-order valence-corrected chi connectivity index (χ3v) is 6.21. The van der Waals surface area contributed by atoms with Crippen LogP contribution in [0.3, 0.4) is 0 Å². The standard InChI is InChI=1S/C17H13BrOS/c18-17(13-5-6-14-11(9-13)7-8-19-14)16-10-12-3-1-2-4-15(12)20-16/h1-6,9-10,17H,7-8H2. The molecular formula is C17H13BrOS. The molecule has 4 rings (SSSR count). The van der Waals surface area contributed by atoms with E-state index in [1.165, 1.54) is 26.1 Å². The highest BCUT2D eigenvalue weighted by Crippen LogP contribution is 2.40. The first-order chi connectivity index (χ1) is 9.81. The number of halogens is 1. The van der Waals surface area contributed by atoms with E-state index in [9.17, 15) is 0 Å². The van der Waals surface area contributed by atoms with Crippen LogP contribution in [0, 0.1) is 0 Å². The minimum atomic E-state index is 0.255. The van der Waals surface area contributed by atoms with Crippen molar-refractivity contribution in [3.63, 3.8) is 0 Å². The van der Waals surface area contributed by atoms with Crippen LogP contribution < -0.4 is 4.74 Å². The van der Waals surface area contributed by atoms with E-state index in [1.807, 2.05) is 11.3 Å². The van der Waals surface area contributed by atoms with Gasteiger partial charge in [0.05, 0.1) is 11.4 Å². The van der Waals surface area contributed by atoms with Crippen LogP contribution >= 0.6 is 27.3 Å². The summed E-state index contributed by atoms with van der Waals surface area (Å²) in [6, 6.07) is 17.3. The lowest BCUT2D eigenvalue weighted by molar-refractivity contribution is 0.357. The molecule has 100 valence electrons. The molecule has 0 saturated carbocycles. The largest absolute Gasteiger partial charge is 0.493 e. The molecule has 1 atom stereocenters. The molecule has 2 aromatic carbocycles. The minimum absolute atomic E-state index is 0.255. The summed E-state index contributed by atoms with van der Waals surface area (Å²) < 4.78 is 6.92. The van der Waals surface area contributed by atoms with Crippen LogP contribution in [0.5, 0.6) is 5.75 Å². The Kier molecular flexibility index (Phi) is 3.04. The maximum atomic E-state index is 5.57. The smallest absolute Gasteiger partial charge is 0.122 e. The first kappa shape index (κ1) is 12.4. The molecule has 0 spiro atoms. The Bertz CT molecular complexity index is 745. The molecule has 1 unspecified atom stereocenters. The molecule has 2 heterocycles. The summed E-state index contributed by atoms with van der Waals surface area (Å²) in [6.07, 6.45) is 1.02. The lowest BCUT2D eigenvalue weighted by atomic mass is 10.1. The number of hydrogen-bond acceptors (Lipinski definition) is 2. The van der Waals surface area contributed by atoms with Crippen molar-refractivity contribution >= 4 is 37.4 Å². The van der Waals surface area contributed by atoms with Crippen LogP contribution in [-0.4, -0.2) is 6.61 Å². The molecule has 0 aliphatic carbocycles. The van der Waals surface area contributed by atoms with Gasteiger partial charge < -0.3 is 4.74 Å².